The number of rotatable bonds is 5. The summed E-state index contributed by atoms with van der Waals surface area (Å²) in [5, 5.41) is 42.7. The number of nitrogens with one attached hydrogen (secondary N) is 1. The van der Waals surface area contributed by atoms with Crippen LogP contribution in [0.5, 0.6) is 0 Å². The van der Waals surface area contributed by atoms with Gasteiger partial charge in [0.2, 0.25) is 5.95 Å². The molecule has 0 aliphatic carbocycles. The zero-order valence-electron chi connectivity index (χ0n) is 15.5. The van der Waals surface area contributed by atoms with Gasteiger partial charge in [-0.05, 0) is 6.07 Å². The van der Waals surface area contributed by atoms with Crippen molar-refractivity contribution >= 4 is 29.1 Å². The van der Waals surface area contributed by atoms with Crippen molar-refractivity contribution in [2.24, 2.45) is 5.10 Å². The fourth-order valence-electron chi connectivity index (χ4n) is 3.16. The van der Waals surface area contributed by atoms with Crippen LogP contribution in [0.4, 0.5) is 11.8 Å². The summed E-state index contributed by atoms with van der Waals surface area (Å²) in [6.45, 7) is -0.454. The number of anilines is 2. The summed E-state index contributed by atoms with van der Waals surface area (Å²) in [6.07, 6.45) is -1.72. The molecule has 30 heavy (non-hydrogen) atoms. The second-order valence-electron chi connectivity index (χ2n) is 6.55. The molecule has 0 radical (unpaired) electrons. The summed E-state index contributed by atoms with van der Waals surface area (Å²) in [5.74, 6) is 0.125. The van der Waals surface area contributed by atoms with E-state index in [0.29, 0.717) is 11.1 Å². The molecular formula is C18H18N8O4. The number of nitrogens with two attached hydrogens (primary N) is 1. The van der Waals surface area contributed by atoms with E-state index in [9.17, 15) is 15.3 Å². The predicted molar refractivity (Wildman–Crippen MR) is 105 cm³/mol. The first-order valence-corrected chi connectivity index (χ1v) is 8.94. The number of imidazole rings is 1. The van der Waals surface area contributed by atoms with Gasteiger partial charge in [-0.25, -0.2) is 10.4 Å². The maximum absolute atomic E-state index is 10.3. The average molecular weight is 410 g/mol. The van der Waals surface area contributed by atoms with E-state index in [1.807, 2.05) is 0 Å². The van der Waals surface area contributed by atoms with Gasteiger partial charge in [0.1, 0.15) is 23.8 Å². The maximum atomic E-state index is 10.3. The number of nitrogens with zero attached hydrogens (tertiary/aromatic N) is 6. The standard InChI is InChI=1S/C18H18N8O4/c19-5-9-3-1-2-4-10(9)6-22-25-18-23-15(20)12-16(24-18)26(8-21-12)17-14(29)13(28)11(7-27)30-17/h1-4,6,8,11,13-14,17,27-29H,7H2,(H3,20,23,24,25)/b22-6+/t11-,13-,14-,17-/m1/s1. The Morgan fingerprint density at radius 1 is 1.30 bits per heavy atom. The van der Waals surface area contributed by atoms with Crippen LogP contribution >= 0.6 is 0 Å². The lowest BCUT2D eigenvalue weighted by Gasteiger charge is -2.16. The SMILES string of the molecule is N#Cc1ccccc1/C=N/Nc1nc(N)c2ncn([C@@H]3O[C@H](CO)[C@@H](O)[C@H]3O)c2n1. The van der Waals surface area contributed by atoms with Gasteiger partial charge in [0.05, 0.1) is 30.8 Å². The molecule has 12 heteroatoms. The van der Waals surface area contributed by atoms with E-state index < -0.39 is 31.1 Å². The number of hydrogen-bond acceptors (Lipinski definition) is 11. The van der Waals surface area contributed by atoms with E-state index in [1.165, 1.54) is 17.1 Å². The number of hydrazone groups is 1. The lowest BCUT2D eigenvalue weighted by molar-refractivity contribution is -0.0511. The van der Waals surface area contributed by atoms with Crippen LogP contribution in [-0.4, -0.2) is 66.0 Å². The Balaban J connectivity index is 1.63. The number of nitrogen functional groups attached to an aromatic ring is 1. The lowest BCUT2D eigenvalue weighted by atomic mass is 10.1. The van der Waals surface area contributed by atoms with Gasteiger partial charge in [-0.3, -0.25) is 4.57 Å². The molecule has 0 saturated carbocycles. The number of fused-ring (bicyclic) bond motifs is 1. The van der Waals surface area contributed by atoms with Gasteiger partial charge < -0.3 is 25.8 Å². The molecule has 0 bridgehead atoms. The van der Waals surface area contributed by atoms with Gasteiger partial charge in [0, 0.05) is 5.56 Å². The molecule has 4 rings (SSSR count). The number of aliphatic hydroxyl groups is 3. The zero-order chi connectivity index (χ0) is 21.3. The predicted octanol–water partition coefficient (Wildman–Crippen LogP) is -0.662. The summed E-state index contributed by atoms with van der Waals surface area (Å²) < 4.78 is 6.92. The van der Waals surface area contributed by atoms with Crippen LogP contribution in [-0.2, 0) is 4.74 Å². The average Bonchev–Trinajstić information content (AvgIpc) is 3.30. The maximum Gasteiger partial charge on any atom is 0.247 e. The van der Waals surface area contributed by atoms with Gasteiger partial charge in [0.15, 0.2) is 17.7 Å². The molecule has 4 atom stereocenters. The molecule has 154 valence electrons. The van der Waals surface area contributed by atoms with Gasteiger partial charge in [-0.1, -0.05) is 18.2 Å². The monoisotopic (exact) mass is 410 g/mol. The summed E-state index contributed by atoms with van der Waals surface area (Å²) in [6, 6.07) is 9.00. The first kappa shape index (κ1) is 19.7. The topological polar surface area (TPSA) is 188 Å². The minimum absolute atomic E-state index is 0.0548. The minimum atomic E-state index is -1.30. The quantitative estimate of drug-likeness (QED) is 0.267. The Morgan fingerprint density at radius 2 is 2.10 bits per heavy atom. The highest BCUT2D eigenvalue weighted by molar-refractivity contribution is 5.84. The van der Waals surface area contributed by atoms with Crippen molar-refractivity contribution < 1.29 is 20.1 Å². The molecule has 1 aliphatic heterocycles. The highest BCUT2D eigenvalue weighted by atomic mass is 16.6. The summed E-state index contributed by atoms with van der Waals surface area (Å²) in [7, 11) is 0. The van der Waals surface area contributed by atoms with E-state index in [0.717, 1.165) is 0 Å². The Hall–Kier alpha value is -3.63. The fraction of sp³-hybridized carbons (Fsp3) is 0.278. The molecule has 0 amide bonds. The Labute approximate surface area is 169 Å². The second-order valence-corrected chi connectivity index (χ2v) is 6.55. The van der Waals surface area contributed by atoms with Crippen LogP contribution in [0.2, 0.25) is 0 Å². The van der Waals surface area contributed by atoms with Crippen LogP contribution in [0.3, 0.4) is 0 Å². The lowest BCUT2D eigenvalue weighted by Crippen LogP contribution is -2.33. The van der Waals surface area contributed by atoms with E-state index in [1.54, 1.807) is 24.3 Å². The number of benzene rings is 1. The summed E-state index contributed by atoms with van der Waals surface area (Å²) >= 11 is 0. The van der Waals surface area contributed by atoms with Crippen LogP contribution in [0, 0.1) is 11.3 Å². The second kappa shape index (κ2) is 8.01. The number of hydrogen-bond donors (Lipinski definition) is 5. The van der Waals surface area contributed by atoms with Crippen LogP contribution in [0.25, 0.3) is 11.2 Å². The molecule has 3 heterocycles. The largest absolute Gasteiger partial charge is 0.394 e. The van der Waals surface area contributed by atoms with E-state index in [2.05, 4.69) is 31.5 Å². The molecule has 3 aromatic rings. The molecule has 2 aromatic heterocycles. The van der Waals surface area contributed by atoms with Gasteiger partial charge in [0.25, 0.3) is 0 Å². The number of aliphatic hydroxyl groups excluding tert-OH is 3. The smallest absolute Gasteiger partial charge is 0.247 e. The molecule has 0 spiro atoms. The van der Waals surface area contributed by atoms with E-state index >= 15 is 0 Å². The molecule has 1 fully saturated rings. The highest BCUT2D eigenvalue weighted by Crippen LogP contribution is 2.32. The van der Waals surface area contributed by atoms with Gasteiger partial charge in [-0.15, -0.1) is 0 Å². The third-order valence-corrected chi connectivity index (χ3v) is 4.69. The van der Waals surface area contributed by atoms with Crippen molar-refractivity contribution in [3.05, 3.63) is 41.7 Å². The molecule has 1 saturated heterocycles. The number of aromatic nitrogens is 4. The Kier molecular flexibility index (Phi) is 5.25. The molecule has 12 nitrogen and oxygen atoms in total. The third-order valence-electron chi connectivity index (χ3n) is 4.69. The van der Waals surface area contributed by atoms with Crippen molar-refractivity contribution in [3.63, 3.8) is 0 Å². The van der Waals surface area contributed by atoms with Crippen LogP contribution in [0.1, 0.15) is 17.4 Å². The first-order chi connectivity index (χ1) is 14.5. The van der Waals surface area contributed by atoms with Crippen molar-refractivity contribution in [1.82, 2.24) is 19.5 Å². The van der Waals surface area contributed by atoms with Gasteiger partial charge >= 0.3 is 0 Å². The minimum Gasteiger partial charge on any atom is -0.394 e. The Morgan fingerprint density at radius 3 is 2.83 bits per heavy atom. The number of nitriles is 1. The molecule has 1 aromatic carbocycles. The van der Waals surface area contributed by atoms with Crippen molar-refractivity contribution in [3.8, 4) is 6.07 Å². The van der Waals surface area contributed by atoms with Crippen molar-refractivity contribution in [2.75, 3.05) is 17.8 Å². The highest BCUT2D eigenvalue weighted by Gasteiger charge is 2.44. The van der Waals surface area contributed by atoms with E-state index in [4.69, 9.17) is 15.7 Å². The fourth-order valence-corrected chi connectivity index (χ4v) is 3.16. The normalized spacial score (nSPS) is 23.8. The summed E-state index contributed by atoms with van der Waals surface area (Å²) in [5.41, 5.74) is 10.2. The zero-order valence-corrected chi connectivity index (χ0v) is 15.5. The van der Waals surface area contributed by atoms with E-state index in [-0.39, 0.29) is 22.9 Å². The van der Waals surface area contributed by atoms with Crippen molar-refractivity contribution in [2.45, 2.75) is 24.5 Å². The van der Waals surface area contributed by atoms with Crippen molar-refractivity contribution in [1.29, 1.82) is 5.26 Å². The van der Waals surface area contributed by atoms with Crippen LogP contribution < -0.4 is 11.2 Å². The first-order valence-electron chi connectivity index (χ1n) is 8.94. The van der Waals surface area contributed by atoms with Gasteiger partial charge in [-0.2, -0.15) is 20.3 Å². The number of ether oxygens (including phenoxy) is 1. The third kappa shape index (κ3) is 3.42. The molecular weight excluding hydrogens is 392 g/mol. The Bertz CT molecular complexity index is 1140. The molecule has 0 unspecified atom stereocenters. The summed E-state index contributed by atoms with van der Waals surface area (Å²) in [4.78, 5) is 12.5. The van der Waals surface area contributed by atoms with Crippen LogP contribution in [0.15, 0.2) is 35.7 Å². The molecule has 1 aliphatic rings. The molecule has 6 N–H and O–H groups in total.